The lowest BCUT2D eigenvalue weighted by atomic mass is 10.2. The van der Waals surface area contributed by atoms with Crippen LogP contribution in [-0.2, 0) is 0 Å². The van der Waals surface area contributed by atoms with Crippen molar-refractivity contribution in [2.75, 3.05) is 5.32 Å². The maximum Gasteiger partial charge on any atom is 0.163 e. The second-order valence-corrected chi connectivity index (χ2v) is 6.31. The summed E-state index contributed by atoms with van der Waals surface area (Å²) in [4.78, 5) is 13.4. The van der Waals surface area contributed by atoms with E-state index in [0.29, 0.717) is 21.7 Å². The van der Waals surface area contributed by atoms with Gasteiger partial charge in [-0.3, -0.25) is 4.98 Å². The minimum atomic E-state index is 0.576. The summed E-state index contributed by atoms with van der Waals surface area (Å²) in [5.74, 6) is 1.26. The first-order valence-electron chi connectivity index (χ1n) is 7.59. The van der Waals surface area contributed by atoms with Crippen molar-refractivity contribution in [1.29, 1.82) is 0 Å². The van der Waals surface area contributed by atoms with E-state index in [1.165, 1.54) is 0 Å². The molecule has 0 saturated carbocycles. The smallest absolute Gasteiger partial charge is 0.163 e. The highest BCUT2D eigenvalue weighted by atomic mass is 35.5. The maximum atomic E-state index is 6.14. The van der Waals surface area contributed by atoms with Gasteiger partial charge in [-0.15, -0.1) is 0 Å². The lowest BCUT2D eigenvalue weighted by molar-refractivity contribution is 1.20. The van der Waals surface area contributed by atoms with Crippen LogP contribution >= 0.6 is 23.2 Å². The summed E-state index contributed by atoms with van der Waals surface area (Å²) < 4.78 is 0. The van der Waals surface area contributed by atoms with Crippen molar-refractivity contribution in [3.8, 4) is 11.4 Å². The van der Waals surface area contributed by atoms with Crippen LogP contribution in [0.25, 0.3) is 22.3 Å². The molecule has 0 fully saturated rings. The summed E-state index contributed by atoms with van der Waals surface area (Å²) in [6, 6.07) is 16.8. The normalized spacial score (nSPS) is 10.8. The minimum absolute atomic E-state index is 0.576. The van der Waals surface area contributed by atoms with Gasteiger partial charge in [0.25, 0.3) is 0 Å². The van der Waals surface area contributed by atoms with Crippen molar-refractivity contribution < 1.29 is 0 Å². The zero-order valence-electron chi connectivity index (χ0n) is 12.9. The van der Waals surface area contributed by atoms with Crippen molar-refractivity contribution >= 4 is 45.6 Å². The first kappa shape index (κ1) is 15.8. The summed E-state index contributed by atoms with van der Waals surface area (Å²) in [6.45, 7) is 0. The predicted molar refractivity (Wildman–Crippen MR) is 103 cm³/mol. The van der Waals surface area contributed by atoms with Crippen molar-refractivity contribution in [1.82, 2.24) is 15.0 Å². The molecule has 0 aliphatic heterocycles. The Balaban J connectivity index is 1.89. The lowest BCUT2D eigenvalue weighted by Crippen LogP contribution is -1.99. The third-order valence-corrected chi connectivity index (χ3v) is 4.14. The fourth-order valence-corrected chi connectivity index (χ4v) is 2.88. The molecule has 0 spiro atoms. The van der Waals surface area contributed by atoms with Gasteiger partial charge in [0, 0.05) is 39.1 Å². The summed E-state index contributed by atoms with van der Waals surface area (Å²) in [5.41, 5.74) is 2.43. The molecule has 0 atom stereocenters. The van der Waals surface area contributed by atoms with Gasteiger partial charge in [0.2, 0.25) is 0 Å². The second-order valence-electron chi connectivity index (χ2n) is 5.43. The molecule has 0 unspecified atom stereocenters. The van der Waals surface area contributed by atoms with Gasteiger partial charge < -0.3 is 5.32 Å². The maximum absolute atomic E-state index is 6.14. The molecule has 0 aliphatic carbocycles. The van der Waals surface area contributed by atoms with Crippen LogP contribution < -0.4 is 5.32 Å². The average molecular weight is 367 g/mol. The Kier molecular flexibility index (Phi) is 4.22. The molecule has 0 bridgehead atoms. The standard InChI is InChI=1S/C19H12Cl2N4/c20-13-4-1-5-15(9-13)23-19-16-7-6-14(21)10-17(16)24-18(25-19)12-3-2-8-22-11-12/h1-11H,(H,23,24,25). The Labute approximate surface area is 154 Å². The van der Waals surface area contributed by atoms with Crippen LogP contribution in [0.2, 0.25) is 10.0 Å². The average Bonchev–Trinajstić information content (AvgIpc) is 2.62. The third-order valence-electron chi connectivity index (χ3n) is 3.67. The monoisotopic (exact) mass is 366 g/mol. The number of fused-ring (bicyclic) bond motifs is 1. The fraction of sp³-hybridized carbons (Fsp3) is 0. The number of benzene rings is 2. The summed E-state index contributed by atoms with van der Waals surface area (Å²) >= 11 is 12.2. The highest BCUT2D eigenvalue weighted by Gasteiger charge is 2.11. The Bertz CT molecular complexity index is 1050. The van der Waals surface area contributed by atoms with Crippen LogP contribution in [0.1, 0.15) is 0 Å². The highest BCUT2D eigenvalue weighted by Crippen LogP contribution is 2.29. The van der Waals surface area contributed by atoms with Crippen molar-refractivity contribution in [3.05, 3.63) is 77.0 Å². The fourth-order valence-electron chi connectivity index (χ4n) is 2.53. The van der Waals surface area contributed by atoms with E-state index in [4.69, 9.17) is 23.2 Å². The third kappa shape index (κ3) is 3.40. The van der Waals surface area contributed by atoms with E-state index in [1.54, 1.807) is 12.4 Å². The lowest BCUT2D eigenvalue weighted by Gasteiger charge is -2.11. The zero-order valence-corrected chi connectivity index (χ0v) is 14.5. The van der Waals surface area contributed by atoms with Gasteiger partial charge in [-0.05, 0) is 48.5 Å². The zero-order chi connectivity index (χ0) is 17.2. The van der Waals surface area contributed by atoms with Crippen LogP contribution in [0.15, 0.2) is 67.0 Å². The van der Waals surface area contributed by atoms with Gasteiger partial charge in [0.05, 0.1) is 5.52 Å². The van der Waals surface area contributed by atoms with E-state index in [2.05, 4.69) is 20.3 Å². The summed E-state index contributed by atoms with van der Waals surface area (Å²) in [5, 5.41) is 5.46. The number of rotatable bonds is 3. The molecule has 4 aromatic rings. The number of nitrogens with one attached hydrogen (secondary N) is 1. The first-order valence-corrected chi connectivity index (χ1v) is 8.35. The molecule has 0 saturated heterocycles. The number of nitrogens with zero attached hydrogens (tertiary/aromatic N) is 3. The van der Waals surface area contributed by atoms with Gasteiger partial charge in [-0.1, -0.05) is 29.3 Å². The number of halogens is 2. The minimum Gasteiger partial charge on any atom is -0.340 e. The molecular weight excluding hydrogens is 355 g/mol. The molecule has 2 aromatic carbocycles. The largest absolute Gasteiger partial charge is 0.340 e. The number of aromatic nitrogens is 3. The Morgan fingerprint density at radius 2 is 1.72 bits per heavy atom. The summed E-state index contributed by atoms with van der Waals surface area (Å²) in [6.07, 6.45) is 3.45. The SMILES string of the molecule is Clc1cccc(Nc2nc(-c3cccnc3)nc3cc(Cl)ccc23)c1. The van der Waals surface area contributed by atoms with E-state index in [9.17, 15) is 0 Å². The van der Waals surface area contributed by atoms with Crippen LogP contribution in [0.4, 0.5) is 11.5 Å². The van der Waals surface area contributed by atoms with Crippen LogP contribution in [0, 0.1) is 0 Å². The van der Waals surface area contributed by atoms with E-state index in [-0.39, 0.29) is 0 Å². The molecule has 2 heterocycles. The first-order chi connectivity index (χ1) is 12.2. The van der Waals surface area contributed by atoms with Crippen LogP contribution in [0.5, 0.6) is 0 Å². The molecule has 0 amide bonds. The molecule has 0 aliphatic rings. The van der Waals surface area contributed by atoms with Gasteiger partial charge in [0.15, 0.2) is 5.82 Å². The van der Waals surface area contributed by atoms with E-state index in [0.717, 1.165) is 22.2 Å². The van der Waals surface area contributed by atoms with Gasteiger partial charge in [0.1, 0.15) is 5.82 Å². The van der Waals surface area contributed by atoms with Gasteiger partial charge in [-0.2, -0.15) is 0 Å². The Morgan fingerprint density at radius 3 is 2.52 bits per heavy atom. The van der Waals surface area contributed by atoms with Crippen molar-refractivity contribution in [2.24, 2.45) is 0 Å². The van der Waals surface area contributed by atoms with E-state index < -0.39 is 0 Å². The van der Waals surface area contributed by atoms with Gasteiger partial charge in [-0.25, -0.2) is 9.97 Å². The number of hydrogen-bond acceptors (Lipinski definition) is 4. The summed E-state index contributed by atoms with van der Waals surface area (Å²) in [7, 11) is 0. The number of anilines is 2. The van der Waals surface area contributed by atoms with Crippen molar-refractivity contribution in [2.45, 2.75) is 0 Å². The molecule has 4 rings (SSSR count). The predicted octanol–water partition coefficient (Wildman–Crippen LogP) is 5.74. The van der Waals surface area contributed by atoms with Crippen LogP contribution in [-0.4, -0.2) is 15.0 Å². The molecule has 0 radical (unpaired) electrons. The Morgan fingerprint density at radius 1 is 0.840 bits per heavy atom. The number of pyridine rings is 1. The quantitative estimate of drug-likeness (QED) is 0.502. The van der Waals surface area contributed by atoms with E-state index in [1.807, 2.05) is 54.6 Å². The molecule has 25 heavy (non-hydrogen) atoms. The topological polar surface area (TPSA) is 50.7 Å². The Hall–Kier alpha value is -2.69. The molecule has 2 aromatic heterocycles. The molecule has 6 heteroatoms. The number of hydrogen-bond donors (Lipinski definition) is 1. The van der Waals surface area contributed by atoms with Crippen molar-refractivity contribution in [3.63, 3.8) is 0 Å². The van der Waals surface area contributed by atoms with Crippen LogP contribution in [0.3, 0.4) is 0 Å². The molecule has 122 valence electrons. The highest BCUT2D eigenvalue weighted by molar-refractivity contribution is 6.31. The molecule has 1 N–H and O–H groups in total. The molecular formula is C19H12Cl2N4. The molecule has 4 nitrogen and oxygen atoms in total. The second kappa shape index (κ2) is 6.67. The van der Waals surface area contributed by atoms with Gasteiger partial charge >= 0.3 is 0 Å². The van der Waals surface area contributed by atoms with E-state index >= 15 is 0 Å².